The van der Waals surface area contributed by atoms with Gasteiger partial charge in [0.05, 0.1) is 33.2 Å². The summed E-state index contributed by atoms with van der Waals surface area (Å²) in [5.74, 6) is -0.147. The summed E-state index contributed by atoms with van der Waals surface area (Å²) in [4.78, 5) is 7.30. The van der Waals surface area contributed by atoms with Crippen LogP contribution in [0.4, 0.5) is 5.69 Å². The molecule has 0 saturated heterocycles. The van der Waals surface area contributed by atoms with Gasteiger partial charge in [-0.2, -0.15) is 33.7 Å². The fraction of sp³-hybridized carbons (Fsp3) is 0.417. The number of amidine groups is 1. The molecule has 0 aliphatic carbocycles. The Morgan fingerprint density at radius 3 is 2.03 bits per heavy atom. The Labute approximate surface area is 375 Å². The number of hydrogen-bond donors (Lipinski definition) is 4. The summed E-state index contributed by atoms with van der Waals surface area (Å²) < 4.78 is 134. The first kappa shape index (κ1) is 48.7. The molecule has 22 heteroatoms. The average molecular weight is 977 g/mol. The summed E-state index contributed by atoms with van der Waals surface area (Å²) in [5, 5.41) is 0.676. The molecule has 0 amide bonds. The zero-order chi connectivity index (χ0) is 42.5. The average Bonchev–Trinajstić information content (AvgIpc) is 3.45. The molecule has 4 N–H and O–H groups in total. The van der Waals surface area contributed by atoms with E-state index in [-0.39, 0.29) is 65.5 Å². The van der Waals surface area contributed by atoms with Crippen LogP contribution in [0.1, 0.15) is 58.9 Å². The number of rotatable bonds is 15. The van der Waals surface area contributed by atoms with Gasteiger partial charge in [0.2, 0.25) is 0 Å². The van der Waals surface area contributed by atoms with Crippen molar-refractivity contribution in [1.82, 2.24) is 4.90 Å². The summed E-state index contributed by atoms with van der Waals surface area (Å²) in [7, 11) is -18.2. The SMILES string of the molecule is CC1(C)C(=CC=C(Br)C=CC2N(CCCCS(=O)(=O)O)c3ccc4c(S(=O)(=O)O)cc(S(=O)(=O)O)cc4c3C2(C)C)N=C2C1=CC(Cl)=CN2CCCCS(=O)(=O)O.[NaH]. The Morgan fingerprint density at radius 2 is 1.47 bits per heavy atom. The summed E-state index contributed by atoms with van der Waals surface area (Å²) in [5.41, 5.74) is 1.23. The van der Waals surface area contributed by atoms with Crippen molar-refractivity contribution in [3.63, 3.8) is 0 Å². The second kappa shape index (κ2) is 17.8. The first-order valence-electron chi connectivity index (χ1n) is 17.6. The molecular formula is C36H44BrClN3NaO12S4. The van der Waals surface area contributed by atoms with Crippen molar-refractivity contribution in [3.05, 3.63) is 87.2 Å². The van der Waals surface area contributed by atoms with Crippen LogP contribution in [-0.2, 0) is 45.9 Å². The second-order valence-electron chi connectivity index (χ2n) is 15.1. The van der Waals surface area contributed by atoms with E-state index >= 15 is 0 Å². The molecule has 58 heavy (non-hydrogen) atoms. The quantitative estimate of drug-likeness (QED) is 0.0697. The third-order valence-corrected chi connectivity index (χ3v) is 14.3. The number of allylic oxidation sites excluding steroid dienone is 7. The van der Waals surface area contributed by atoms with Gasteiger partial charge in [-0.25, -0.2) is 4.99 Å². The van der Waals surface area contributed by atoms with E-state index in [0.717, 1.165) is 11.6 Å². The molecule has 15 nitrogen and oxygen atoms in total. The van der Waals surface area contributed by atoms with Gasteiger partial charge >= 0.3 is 29.6 Å². The predicted octanol–water partition coefficient (Wildman–Crippen LogP) is 5.97. The molecule has 2 aromatic carbocycles. The van der Waals surface area contributed by atoms with Gasteiger partial charge < -0.3 is 9.80 Å². The van der Waals surface area contributed by atoms with Crippen LogP contribution in [0.3, 0.4) is 0 Å². The first-order chi connectivity index (χ1) is 26.1. The van der Waals surface area contributed by atoms with E-state index in [0.29, 0.717) is 57.8 Å². The summed E-state index contributed by atoms with van der Waals surface area (Å²) in [6, 6.07) is 4.44. The number of anilines is 1. The normalized spacial score (nSPS) is 20.2. The van der Waals surface area contributed by atoms with Crippen LogP contribution in [0.25, 0.3) is 10.8 Å². The Hall–Kier alpha value is -1.92. The summed E-state index contributed by atoms with van der Waals surface area (Å²) in [6.07, 6.45) is 12.0. The summed E-state index contributed by atoms with van der Waals surface area (Å²) in [6.45, 7) is 8.42. The maximum absolute atomic E-state index is 12.5. The van der Waals surface area contributed by atoms with E-state index in [2.05, 4.69) is 15.9 Å². The fourth-order valence-electron chi connectivity index (χ4n) is 7.46. The fourth-order valence-corrected chi connectivity index (χ4v) is 10.5. The standard InChI is InChI=1S/C36H43BrClN3O12S4.Na.H/c1-35(2)28-19-24(38)22-40(15-5-7-17-54(42,43)44)34(28)39-31(35)13-9-23(37)10-14-32-36(3,4)33-27-20-25(56(48,49)50)21-30(57(51,52)53)26(27)11-12-29(33)41(32)16-6-8-18-55(45,46)47;;/h9-14,19-22,32H,5-8,15-18H2,1-4H3,(H,42,43,44)(H,45,46,47)(H,48,49,50)(H,51,52,53);;. The molecule has 0 spiro atoms. The van der Waals surface area contributed by atoms with Crippen LogP contribution in [0.5, 0.6) is 0 Å². The second-order valence-corrected chi connectivity index (χ2v) is 22.4. The number of fused-ring (bicyclic) bond motifs is 4. The molecule has 314 valence electrons. The van der Waals surface area contributed by atoms with Crippen molar-refractivity contribution < 1.29 is 51.9 Å². The van der Waals surface area contributed by atoms with Crippen molar-refractivity contribution in [2.45, 2.75) is 74.6 Å². The van der Waals surface area contributed by atoms with Gasteiger partial charge in [-0.15, -0.1) is 0 Å². The molecule has 0 saturated carbocycles. The van der Waals surface area contributed by atoms with Crippen molar-refractivity contribution >= 4 is 120 Å². The molecular weight excluding hydrogens is 933 g/mol. The predicted molar refractivity (Wildman–Crippen MR) is 230 cm³/mol. The zero-order valence-corrected chi connectivity index (χ0v) is 36.9. The van der Waals surface area contributed by atoms with E-state index in [4.69, 9.17) is 21.1 Å². The van der Waals surface area contributed by atoms with E-state index in [1.807, 2.05) is 55.7 Å². The van der Waals surface area contributed by atoms with Crippen molar-refractivity contribution in [2.24, 2.45) is 10.4 Å². The Morgan fingerprint density at radius 1 is 0.862 bits per heavy atom. The maximum atomic E-state index is 12.5. The molecule has 0 aromatic heterocycles. The molecule has 3 heterocycles. The van der Waals surface area contributed by atoms with Gasteiger partial charge in [-0.3, -0.25) is 18.2 Å². The van der Waals surface area contributed by atoms with Crippen LogP contribution < -0.4 is 4.90 Å². The Balaban J connectivity index is 0.00000744. The molecule has 3 aliphatic rings. The molecule has 3 aliphatic heterocycles. The first-order valence-corrected chi connectivity index (χ1v) is 24.8. The van der Waals surface area contributed by atoms with Gasteiger partial charge in [0.15, 0.2) is 0 Å². The van der Waals surface area contributed by atoms with Gasteiger partial charge in [0.25, 0.3) is 40.5 Å². The Kier molecular flexibility index (Phi) is 15.0. The Bertz CT molecular complexity index is 2640. The summed E-state index contributed by atoms with van der Waals surface area (Å²) >= 11 is 10.1. The molecule has 0 fully saturated rings. The van der Waals surface area contributed by atoms with Gasteiger partial charge in [-0.05, 0) is 79.1 Å². The number of nitrogens with zero attached hydrogens (tertiary/aromatic N) is 3. The minimum atomic E-state index is -4.95. The van der Waals surface area contributed by atoms with Crippen LogP contribution >= 0.6 is 27.5 Å². The molecule has 2 aromatic rings. The monoisotopic (exact) mass is 975 g/mol. The van der Waals surface area contributed by atoms with Crippen LogP contribution in [-0.4, -0.2) is 123 Å². The van der Waals surface area contributed by atoms with E-state index < -0.39 is 72.9 Å². The van der Waals surface area contributed by atoms with E-state index in [1.54, 1.807) is 24.4 Å². The molecule has 1 unspecified atom stereocenters. The van der Waals surface area contributed by atoms with E-state index in [9.17, 15) is 47.3 Å². The number of benzene rings is 2. The molecule has 1 atom stereocenters. The molecule has 0 bridgehead atoms. The zero-order valence-electron chi connectivity index (χ0n) is 31.3. The topological polar surface area (TPSA) is 236 Å². The van der Waals surface area contributed by atoms with Gasteiger partial charge in [-0.1, -0.05) is 67.4 Å². The number of aliphatic imine (C=N–C) groups is 1. The van der Waals surface area contributed by atoms with Crippen molar-refractivity contribution in [3.8, 4) is 0 Å². The number of hydrogen-bond acceptors (Lipinski definition) is 11. The van der Waals surface area contributed by atoms with Crippen molar-refractivity contribution in [2.75, 3.05) is 29.5 Å². The van der Waals surface area contributed by atoms with Crippen LogP contribution in [0.2, 0.25) is 0 Å². The van der Waals surface area contributed by atoms with Crippen LogP contribution in [0, 0.1) is 5.41 Å². The van der Waals surface area contributed by atoms with Gasteiger partial charge in [0, 0.05) is 51.2 Å². The third kappa shape index (κ3) is 11.1. The molecule has 5 rings (SSSR count). The number of halogens is 2. The van der Waals surface area contributed by atoms with Gasteiger partial charge in [0.1, 0.15) is 10.7 Å². The minimum absolute atomic E-state index is 0. The molecule has 0 radical (unpaired) electrons. The third-order valence-electron chi connectivity index (χ3n) is 10.2. The van der Waals surface area contributed by atoms with Crippen molar-refractivity contribution in [1.29, 1.82) is 0 Å². The van der Waals surface area contributed by atoms with E-state index in [1.165, 1.54) is 6.07 Å². The number of unbranched alkanes of at least 4 members (excludes halogenated alkanes) is 2. The van der Waals surface area contributed by atoms with Crippen LogP contribution in [0.15, 0.2) is 96.4 Å².